The number of hydrogen-bond acceptors (Lipinski definition) is 9. The number of nitrogens with zero attached hydrogens (tertiary/aromatic N) is 8. The maximum absolute atomic E-state index is 13.1. The second kappa shape index (κ2) is 11.9. The Morgan fingerprint density at radius 3 is 2.41 bits per heavy atom. The Bertz CT molecular complexity index is 1740. The molecule has 5 heterocycles. The van der Waals surface area contributed by atoms with E-state index in [2.05, 4.69) is 35.6 Å². The second-order valence-corrected chi connectivity index (χ2v) is 11.0. The fourth-order valence-electron chi connectivity index (χ4n) is 4.84. The summed E-state index contributed by atoms with van der Waals surface area (Å²) in [6.07, 6.45) is 7.66. The van der Waals surface area contributed by atoms with E-state index in [9.17, 15) is 23.2 Å². The van der Waals surface area contributed by atoms with E-state index < -0.39 is 18.3 Å². The fourth-order valence-corrected chi connectivity index (χ4v) is 4.84. The van der Waals surface area contributed by atoms with Crippen LogP contribution >= 0.6 is 0 Å². The van der Waals surface area contributed by atoms with Crippen molar-refractivity contribution in [2.75, 3.05) is 29.1 Å². The predicted molar refractivity (Wildman–Crippen MR) is 155 cm³/mol. The number of carbonyl (C=O) groups excluding carboxylic acids is 3. The molecular weight excluding hydrogens is 574 g/mol. The molecule has 4 aromatic heterocycles. The largest absolute Gasteiger partial charge is 0.364 e. The quantitative estimate of drug-likeness (QED) is 0.212. The van der Waals surface area contributed by atoms with E-state index in [1.165, 1.54) is 30.9 Å². The minimum atomic E-state index is -2.91. The van der Waals surface area contributed by atoms with Crippen molar-refractivity contribution in [3.63, 3.8) is 0 Å². The minimum absolute atomic E-state index is 0.0597. The third-order valence-electron chi connectivity index (χ3n) is 7.48. The molecule has 15 heteroatoms. The molecule has 0 spiro atoms. The first-order chi connectivity index (χ1) is 21.2. The van der Waals surface area contributed by atoms with Gasteiger partial charge in [-0.15, -0.1) is 0 Å². The average Bonchev–Trinajstić information content (AvgIpc) is 3.94. The molecule has 0 aromatic carbocycles. The van der Waals surface area contributed by atoms with Crippen LogP contribution in [0.3, 0.4) is 0 Å². The average molecular weight is 605 g/mol. The summed E-state index contributed by atoms with van der Waals surface area (Å²) in [6.45, 7) is 2.07. The monoisotopic (exact) mass is 604 g/mol. The number of urea groups is 1. The van der Waals surface area contributed by atoms with Crippen LogP contribution in [-0.2, 0) is 16.1 Å². The predicted octanol–water partition coefficient (Wildman–Crippen LogP) is 4.18. The van der Waals surface area contributed by atoms with E-state index in [1.807, 2.05) is 31.5 Å². The van der Waals surface area contributed by atoms with Gasteiger partial charge in [-0.25, -0.2) is 38.5 Å². The topological polar surface area (TPSA) is 151 Å². The molecule has 0 atom stereocenters. The Hall–Kier alpha value is -5.08. The third-order valence-corrected chi connectivity index (χ3v) is 7.48. The number of aromatic nitrogens is 6. The number of aryl methyl sites for hydroxylation is 1. The molecule has 1 saturated heterocycles. The van der Waals surface area contributed by atoms with Gasteiger partial charge in [0.1, 0.15) is 24.0 Å². The van der Waals surface area contributed by atoms with Gasteiger partial charge in [0.2, 0.25) is 12.3 Å². The van der Waals surface area contributed by atoms with Crippen molar-refractivity contribution < 1.29 is 23.2 Å². The van der Waals surface area contributed by atoms with Crippen LogP contribution in [0.25, 0.3) is 5.65 Å². The highest BCUT2D eigenvalue weighted by molar-refractivity contribution is 6.13. The highest BCUT2D eigenvalue weighted by atomic mass is 19.3. The van der Waals surface area contributed by atoms with Crippen molar-refractivity contribution in [3.05, 3.63) is 65.4 Å². The molecular formula is C29H30F2N10O3. The second-order valence-electron chi connectivity index (χ2n) is 11.0. The van der Waals surface area contributed by atoms with Crippen LogP contribution < -0.4 is 15.5 Å². The molecule has 0 bridgehead atoms. The van der Waals surface area contributed by atoms with Gasteiger partial charge < -0.3 is 15.0 Å². The number of imidazole rings is 1. The Labute approximate surface area is 250 Å². The van der Waals surface area contributed by atoms with Crippen molar-refractivity contribution in [3.8, 4) is 0 Å². The Balaban J connectivity index is 0.000000289. The van der Waals surface area contributed by atoms with Gasteiger partial charge in [0, 0.05) is 43.3 Å². The van der Waals surface area contributed by atoms with E-state index >= 15 is 0 Å². The minimum Gasteiger partial charge on any atom is -0.364 e. The van der Waals surface area contributed by atoms with Crippen LogP contribution in [-0.4, -0.2) is 66.2 Å². The SMILES string of the molecule is CN1C(=O)CN(c2cc(C3CC3)cn3cc(CNc4cc(NC=O)nc(C(F)F)n4)nc23)C1=O.Cc1ccnc(C2CC2)n1. The van der Waals surface area contributed by atoms with Gasteiger partial charge in [-0.05, 0) is 56.2 Å². The van der Waals surface area contributed by atoms with Gasteiger partial charge >= 0.3 is 6.03 Å². The Kier molecular flexibility index (Phi) is 7.84. The standard InChI is InChI=1S/C21H20F2N8O3.C8H10N2/c1-29-17(33)9-31(21(29)34)14-4-12(11-2-3-11)7-30-8-13(26-20(14)30)6-24-15-5-16(25-10-32)28-19(27-15)18(22)23;1-6-4-5-9-8(10-6)7-2-3-7/h4-5,7-8,10-11,18H,2-3,6,9H2,1H3,(H2,24,25,27,28,32);4-5,7H,2-3H2,1H3. The van der Waals surface area contributed by atoms with Crippen molar-refractivity contribution in [1.82, 2.24) is 34.2 Å². The van der Waals surface area contributed by atoms with Gasteiger partial charge in [-0.1, -0.05) is 0 Å². The maximum Gasteiger partial charge on any atom is 0.331 e. The molecule has 3 fully saturated rings. The first-order valence-electron chi connectivity index (χ1n) is 14.2. The van der Waals surface area contributed by atoms with Crippen molar-refractivity contribution in [2.24, 2.45) is 0 Å². The molecule has 1 aliphatic heterocycles. The summed E-state index contributed by atoms with van der Waals surface area (Å²) in [7, 11) is 1.44. The lowest BCUT2D eigenvalue weighted by Crippen LogP contribution is -2.30. The lowest BCUT2D eigenvalue weighted by molar-refractivity contribution is -0.123. The number of hydrogen-bond donors (Lipinski definition) is 2. The van der Waals surface area contributed by atoms with Crippen LogP contribution in [0.15, 0.2) is 36.8 Å². The van der Waals surface area contributed by atoms with Gasteiger partial charge in [-0.2, -0.15) is 0 Å². The van der Waals surface area contributed by atoms with E-state index in [4.69, 9.17) is 0 Å². The zero-order chi connectivity index (χ0) is 31.0. The summed E-state index contributed by atoms with van der Waals surface area (Å²) in [5.41, 5.74) is 3.73. The fraction of sp³-hybridized carbons (Fsp3) is 0.379. The highest BCUT2D eigenvalue weighted by Gasteiger charge is 2.36. The summed E-state index contributed by atoms with van der Waals surface area (Å²) < 4.78 is 28.0. The third kappa shape index (κ3) is 6.31. The van der Waals surface area contributed by atoms with Gasteiger partial charge in [0.15, 0.2) is 11.5 Å². The number of halogens is 2. The molecule has 7 rings (SSSR count). The van der Waals surface area contributed by atoms with E-state index in [0.717, 1.165) is 34.8 Å². The van der Waals surface area contributed by atoms with Crippen LogP contribution in [0, 0.1) is 6.92 Å². The number of anilines is 3. The molecule has 3 aliphatic rings. The molecule has 4 aromatic rings. The molecule has 44 heavy (non-hydrogen) atoms. The number of alkyl halides is 2. The molecule has 4 amide bonds. The number of fused-ring (bicyclic) bond motifs is 1. The number of rotatable bonds is 9. The highest BCUT2D eigenvalue weighted by Crippen LogP contribution is 2.42. The Morgan fingerprint density at radius 1 is 1.02 bits per heavy atom. The number of likely N-dealkylation sites (N-methyl/N-ethyl adjacent to an activating group) is 1. The molecule has 2 N–H and O–H groups in total. The molecule has 228 valence electrons. The summed E-state index contributed by atoms with van der Waals surface area (Å²) in [6, 6.07) is 4.75. The number of imide groups is 1. The summed E-state index contributed by atoms with van der Waals surface area (Å²) >= 11 is 0. The van der Waals surface area contributed by atoms with Crippen molar-refractivity contribution in [1.29, 1.82) is 0 Å². The summed E-state index contributed by atoms with van der Waals surface area (Å²) in [5, 5.41) is 5.16. The molecule has 0 unspecified atom stereocenters. The van der Waals surface area contributed by atoms with Crippen LogP contribution in [0.1, 0.15) is 72.5 Å². The van der Waals surface area contributed by atoms with Crippen LogP contribution in [0.5, 0.6) is 0 Å². The molecule has 2 saturated carbocycles. The zero-order valence-electron chi connectivity index (χ0n) is 24.1. The zero-order valence-corrected chi connectivity index (χ0v) is 24.1. The smallest absolute Gasteiger partial charge is 0.331 e. The summed E-state index contributed by atoms with van der Waals surface area (Å²) in [4.78, 5) is 58.4. The van der Waals surface area contributed by atoms with E-state index in [-0.39, 0.29) is 30.6 Å². The molecule has 2 aliphatic carbocycles. The lowest BCUT2D eigenvalue weighted by atomic mass is 10.1. The van der Waals surface area contributed by atoms with E-state index in [1.54, 1.807) is 10.6 Å². The summed E-state index contributed by atoms with van der Waals surface area (Å²) in [5.74, 6) is 1.13. The first-order valence-corrected chi connectivity index (χ1v) is 14.2. The van der Waals surface area contributed by atoms with Crippen LogP contribution in [0.2, 0.25) is 0 Å². The number of carbonyl (C=O) groups is 3. The normalized spacial score (nSPS) is 16.4. The van der Waals surface area contributed by atoms with Crippen molar-refractivity contribution in [2.45, 2.75) is 57.4 Å². The number of nitrogens with one attached hydrogen (secondary N) is 2. The van der Waals surface area contributed by atoms with Gasteiger partial charge in [-0.3, -0.25) is 19.4 Å². The van der Waals surface area contributed by atoms with Crippen molar-refractivity contribution >= 4 is 41.3 Å². The first kappa shape index (κ1) is 29.0. The van der Waals surface area contributed by atoms with Gasteiger partial charge in [0.25, 0.3) is 6.43 Å². The lowest BCUT2D eigenvalue weighted by Gasteiger charge is -2.17. The number of amides is 4. The molecule has 0 radical (unpaired) electrons. The Morgan fingerprint density at radius 2 is 1.77 bits per heavy atom. The molecule has 13 nitrogen and oxygen atoms in total. The van der Waals surface area contributed by atoms with Gasteiger partial charge in [0.05, 0.1) is 17.9 Å². The van der Waals surface area contributed by atoms with E-state index in [0.29, 0.717) is 35.3 Å². The maximum atomic E-state index is 13.1. The van der Waals surface area contributed by atoms with Crippen LogP contribution in [0.4, 0.5) is 30.9 Å². The number of pyridine rings is 1.